The second kappa shape index (κ2) is 4.98. The van der Waals surface area contributed by atoms with Crippen LogP contribution in [-0.4, -0.2) is 25.4 Å². The highest BCUT2D eigenvalue weighted by atomic mass is 16.1. The van der Waals surface area contributed by atoms with Gasteiger partial charge in [-0.25, -0.2) is 15.0 Å². The third-order valence-corrected chi connectivity index (χ3v) is 3.83. The lowest BCUT2D eigenvalue weighted by molar-refractivity contribution is 0.0943. The van der Waals surface area contributed by atoms with E-state index in [-0.39, 0.29) is 5.91 Å². The highest BCUT2D eigenvalue weighted by Gasteiger charge is 2.19. The molecule has 0 fully saturated rings. The van der Waals surface area contributed by atoms with Gasteiger partial charge in [0.1, 0.15) is 5.69 Å². The van der Waals surface area contributed by atoms with Crippen LogP contribution in [0.2, 0.25) is 0 Å². The Labute approximate surface area is 132 Å². The number of para-hydroxylation sites is 4. The van der Waals surface area contributed by atoms with Gasteiger partial charge in [-0.15, -0.1) is 0 Å². The Morgan fingerprint density at radius 2 is 1.48 bits per heavy atom. The van der Waals surface area contributed by atoms with Gasteiger partial charge in [0.25, 0.3) is 0 Å². The molecule has 4 rings (SSSR count). The minimum Gasteiger partial charge on any atom is -0.274 e. The Balaban J connectivity index is 2.08. The fraction of sp³-hybridized carbons (Fsp3) is 0.111. The number of imidazole rings is 1. The van der Waals surface area contributed by atoms with Crippen molar-refractivity contribution in [1.82, 2.24) is 19.5 Å². The van der Waals surface area contributed by atoms with E-state index >= 15 is 0 Å². The second-order valence-electron chi connectivity index (χ2n) is 5.42. The van der Waals surface area contributed by atoms with Crippen LogP contribution in [0.25, 0.3) is 33.6 Å². The molecule has 5 heteroatoms. The minimum atomic E-state index is -0.0944. The summed E-state index contributed by atoms with van der Waals surface area (Å²) in [5.74, 6) is 0.442. The van der Waals surface area contributed by atoms with Gasteiger partial charge < -0.3 is 0 Å². The molecule has 112 valence electrons. The van der Waals surface area contributed by atoms with Crippen LogP contribution in [-0.2, 0) is 0 Å². The number of nitrogens with zero attached hydrogens (tertiary/aromatic N) is 4. The topological polar surface area (TPSA) is 60.7 Å². The minimum absolute atomic E-state index is 0.0944. The number of carbonyl (C=O) groups excluding carboxylic acids is 1. The van der Waals surface area contributed by atoms with Crippen LogP contribution in [0.4, 0.5) is 0 Å². The number of benzene rings is 2. The van der Waals surface area contributed by atoms with E-state index in [0.29, 0.717) is 11.5 Å². The van der Waals surface area contributed by atoms with Crippen molar-refractivity contribution in [3.63, 3.8) is 0 Å². The molecule has 0 atom stereocenters. The molecule has 2 aromatic heterocycles. The Morgan fingerprint density at radius 3 is 2.17 bits per heavy atom. The maximum absolute atomic E-state index is 12.2. The molecule has 2 heterocycles. The first kappa shape index (κ1) is 13.6. The van der Waals surface area contributed by atoms with E-state index in [2.05, 4.69) is 15.0 Å². The van der Waals surface area contributed by atoms with E-state index in [9.17, 15) is 4.79 Å². The number of aromatic nitrogens is 4. The summed E-state index contributed by atoms with van der Waals surface area (Å²) < 4.78 is 1.60. The molecular weight excluding hydrogens is 288 g/mol. The molecule has 23 heavy (non-hydrogen) atoms. The van der Waals surface area contributed by atoms with Crippen LogP contribution in [0.1, 0.15) is 17.4 Å². The fourth-order valence-corrected chi connectivity index (χ4v) is 2.80. The third kappa shape index (κ3) is 2.09. The molecule has 4 aromatic rings. The van der Waals surface area contributed by atoms with E-state index in [1.54, 1.807) is 4.57 Å². The second-order valence-corrected chi connectivity index (χ2v) is 5.42. The summed E-state index contributed by atoms with van der Waals surface area (Å²) in [4.78, 5) is 26.1. The van der Waals surface area contributed by atoms with Gasteiger partial charge in [-0.05, 0) is 31.2 Å². The maximum atomic E-state index is 12.2. The van der Waals surface area contributed by atoms with Crippen molar-refractivity contribution in [3.8, 4) is 11.5 Å². The van der Waals surface area contributed by atoms with Crippen molar-refractivity contribution in [3.05, 3.63) is 54.2 Å². The molecule has 0 N–H and O–H groups in total. The van der Waals surface area contributed by atoms with Gasteiger partial charge in [-0.2, -0.15) is 0 Å². The zero-order valence-corrected chi connectivity index (χ0v) is 12.8. The number of hydrogen-bond acceptors (Lipinski definition) is 4. The lowest BCUT2D eigenvalue weighted by Gasteiger charge is -2.08. The van der Waals surface area contributed by atoms with Crippen LogP contribution >= 0.6 is 0 Å². The number of carbonyl (C=O) groups is 1. The molecule has 2 aromatic carbocycles. The molecule has 0 aliphatic heterocycles. The summed E-state index contributed by atoms with van der Waals surface area (Å²) in [5, 5.41) is 0. The molecule has 0 aliphatic rings. The van der Waals surface area contributed by atoms with E-state index in [1.807, 2.05) is 55.5 Å². The third-order valence-electron chi connectivity index (χ3n) is 3.83. The quantitative estimate of drug-likeness (QED) is 0.539. The van der Waals surface area contributed by atoms with Crippen molar-refractivity contribution in [2.45, 2.75) is 13.8 Å². The fourth-order valence-electron chi connectivity index (χ4n) is 2.80. The average molecular weight is 302 g/mol. The monoisotopic (exact) mass is 302 g/mol. The molecule has 0 saturated heterocycles. The zero-order chi connectivity index (χ0) is 16.0. The predicted octanol–water partition coefficient (Wildman–Crippen LogP) is 3.62. The lowest BCUT2D eigenvalue weighted by Crippen LogP contribution is -2.09. The smallest absolute Gasteiger partial charge is 0.229 e. The van der Waals surface area contributed by atoms with Crippen molar-refractivity contribution in [2.75, 3.05) is 0 Å². The van der Waals surface area contributed by atoms with Crippen molar-refractivity contribution in [1.29, 1.82) is 0 Å². The Morgan fingerprint density at radius 1 is 0.870 bits per heavy atom. The summed E-state index contributed by atoms with van der Waals surface area (Å²) >= 11 is 0. The Hall–Kier alpha value is -3.08. The summed E-state index contributed by atoms with van der Waals surface area (Å²) in [6.07, 6.45) is 0. The molecule has 0 saturated carbocycles. The molecule has 0 unspecified atom stereocenters. The highest BCUT2D eigenvalue weighted by molar-refractivity contribution is 5.94. The number of hydrogen-bond donors (Lipinski definition) is 0. The molecule has 0 bridgehead atoms. The Bertz CT molecular complexity index is 1070. The SMILES string of the molecule is CC(=O)n1c(-c2nc3ccccc3nc2C)nc2ccccc21. The van der Waals surface area contributed by atoms with Crippen LogP contribution < -0.4 is 0 Å². The first-order valence-electron chi connectivity index (χ1n) is 7.37. The lowest BCUT2D eigenvalue weighted by atomic mass is 10.2. The number of aryl methyl sites for hydroxylation is 1. The summed E-state index contributed by atoms with van der Waals surface area (Å²) in [6.45, 7) is 3.42. The standard InChI is InChI=1S/C18H14N4O/c1-11-17(20-14-8-4-3-7-13(14)19-11)18-21-15-9-5-6-10-16(15)22(18)12(2)23/h3-10H,1-2H3. The largest absolute Gasteiger partial charge is 0.274 e. The molecular formula is C18H14N4O. The van der Waals surface area contributed by atoms with Gasteiger partial charge in [-0.3, -0.25) is 9.36 Å². The van der Waals surface area contributed by atoms with Crippen LogP contribution in [0.3, 0.4) is 0 Å². The van der Waals surface area contributed by atoms with Gasteiger partial charge in [-0.1, -0.05) is 24.3 Å². The van der Waals surface area contributed by atoms with E-state index < -0.39 is 0 Å². The van der Waals surface area contributed by atoms with Crippen LogP contribution in [0.15, 0.2) is 48.5 Å². The molecule has 0 amide bonds. The average Bonchev–Trinajstić information content (AvgIpc) is 2.93. The molecule has 5 nitrogen and oxygen atoms in total. The van der Waals surface area contributed by atoms with Gasteiger partial charge in [0.2, 0.25) is 5.91 Å². The normalized spacial score (nSPS) is 11.2. The highest BCUT2D eigenvalue weighted by Crippen LogP contribution is 2.26. The van der Waals surface area contributed by atoms with Gasteiger partial charge >= 0.3 is 0 Å². The van der Waals surface area contributed by atoms with Crippen molar-refractivity contribution in [2.24, 2.45) is 0 Å². The van der Waals surface area contributed by atoms with Gasteiger partial charge in [0.05, 0.1) is 27.8 Å². The van der Waals surface area contributed by atoms with Crippen molar-refractivity contribution >= 4 is 28.0 Å². The summed E-state index contributed by atoms with van der Waals surface area (Å²) in [5.41, 5.74) is 4.56. The van der Waals surface area contributed by atoms with E-state index in [0.717, 1.165) is 27.8 Å². The van der Waals surface area contributed by atoms with Crippen LogP contribution in [0.5, 0.6) is 0 Å². The van der Waals surface area contributed by atoms with Crippen molar-refractivity contribution < 1.29 is 4.79 Å². The van der Waals surface area contributed by atoms with Crippen LogP contribution in [0, 0.1) is 6.92 Å². The summed E-state index contributed by atoms with van der Waals surface area (Å²) in [6, 6.07) is 15.3. The van der Waals surface area contributed by atoms with Gasteiger partial charge in [0.15, 0.2) is 5.82 Å². The number of fused-ring (bicyclic) bond motifs is 2. The van der Waals surface area contributed by atoms with E-state index in [1.165, 1.54) is 6.92 Å². The van der Waals surface area contributed by atoms with E-state index in [4.69, 9.17) is 0 Å². The zero-order valence-electron chi connectivity index (χ0n) is 12.8. The molecule has 0 radical (unpaired) electrons. The Kier molecular flexibility index (Phi) is 2.94. The van der Waals surface area contributed by atoms with Gasteiger partial charge in [0, 0.05) is 6.92 Å². The predicted molar refractivity (Wildman–Crippen MR) is 89.3 cm³/mol. The molecule has 0 aliphatic carbocycles. The maximum Gasteiger partial charge on any atom is 0.229 e. The first-order valence-corrected chi connectivity index (χ1v) is 7.37. The first-order chi connectivity index (χ1) is 11.1. The number of rotatable bonds is 1. The molecule has 0 spiro atoms. The summed E-state index contributed by atoms with van der Waals surface area (Å²) in [7, 11) is 0.